The summed E-state index contributed by atoms with van der Waals surface area (Å²) in [5, 5.41) is 9.92. The molecule has 0 aromatic rings. The summed E-state index contributed by atoms with van der Waals surface area (Å²) in [5.41, 5.74) is 0. The second-order valence-corrected chi connectivity index (χ2v) is 5.18. The van der Waals surface area contributed by atoms with Crippen molar-refractivity contribution in [2.75, 3.05) is 0 Å². The average molecular weight is 277 g/mol. The van der Waals surface area contributed by atoms with E-state index in [1.807, 2.05) is 0 Å². The molecular weight excluding hydrogens is 264 g/mol. The number of hydrogen-bond donors (Lipinski definition) is 1. The number of hydroxylamine groups is 2. The maximum atomic E-state index is 12.9. The SMILES string of the molecule is O=C(OC1C[C@@H]2[C@H](C1)C2(F)F)ON1C(=O)CCC1O. The highest BCUT2D eigenvalue weighted by Gasteiger charge is 2.72. The van der Waals surface area contributed by atoms with Gasteiger partial charge >= 0.3 is 6.16 Å². The molecule has 8 heteroatoms. The predicted molar refractivity (Wildman–Crippen MR) is 54.6 cm³/mol. The first-order chi connectivity index (χ1) is 8.89. The number of aliphatic hydroxyl groups excluding tert-OH is 1. The molecule has 3 aliphatic rings. The Morgan fingerprint density at radius 1 is 1.37 bits per heavy atom. The highest BCUT2D eigenvalue weighted by atomic mass is 19.3. The molecule has 0 radical (unpaired) electrons. The Morgan fingerprint density at radius 2 is 2.00 bits per heavy atom. The molecule has 19 heavy (non-hydrogen) atoms. The molecule has 0 aromatic heterocycles. The van der Waals surface area contributed by atoms with Crippen LogP contribution >= 0.6 is 0 Å². The van der Waals surface area contributed by atoms with Gasteiger partial charge in [0.25, 0.3) is 11.8 Å². The fraction of sp³-hybridized carbons (Fsp3) is 0.818. The summed E-state index contributed by atoms with van der Waals surface area (Å²) in [5.74, 6) is -4.54. The number of rotatable bonds is 2. The van der Waals surface area contributed by atoms with Crippen LogP contribution in [0.2, 0.25) is 0 Å². The zero-order chi connectivity index (χ0) is 13.8. The van der Waals surface area contributed by atoms with Gasteiger partial charge in [0.1, 0.15) is 6.10 Å². The molecule has 0 spiro atoms. The molecule has 0 aromatic carbocycles. The van der Waals surface area contributed by atoms with E-state index in [0.717, 1.165) is 0 Å². The summed E-state index contributed by atoms with van der Waals surface area (Å²) < 4.78 is 30.7. The van der Waals surface area contributed by atoms with Crippen molar-refractivity contribution in [3.8, 4) is 0 Å². The third-order valence-electron chi connectivity index (χ3n) is 3.97. The molecule has 4 atom stereocenters. The van der Waals surface area contributed by atoms with E-state index in [-0.39, 0.29) is 25.7 Å². The van der Waals surface area contributed by atoms with Crippen molar-refractivity contribution in [2.45, 2.75) is 43.9 Å². The molecule has 1 amide bonds. The van der Waals surface area contributed by atoms with Gasteiger partial charge in [-0.15, -0.1) is 5.06 Å². The number of alkyl halides is 2. The van der Waals surface area contributed by atoms with Crippen LogP contribution < -0.4 is 0 Å². The minimum Gasteiger partial charge on any atom is -0.429 e. The molecule has 1 heterocycles. The van der Waals surface area contributed by atoms with E-state index in [0.29, 0.717) is 5.06 Å². The Morgan fingerprint density at radius 3 is 2.53 bits per heavy atom. The molecule has 1 aliphatic heterocycles. The minimum absolute atomic E-state index is 0.0915. The normalized spacial score (nSPS) is 39.1. The maximum absolute atomic E-state index is 12.9. The van der Waals surface area contributed by atoms with Crippen LogP contribution in [0.1, 0.15) is 25.7 Å². The molecule has 2 unspecified atom stereocenters. The maximum Gasteiger partial charge on any atom is 0.533 e. The van der Waals surface area contributed by atoms with Gasteiger partial charge in [-0.2, -0.15) is 0 Å². The number of ether oxygens (including phenoxy) is 1. The van der Waals surface area contributed by atoms with Crippen molar-refractivity contribution in [3.63, 3.8) is 0 Å². The van der Waals surface area contributed by atoms with Gasteiger partial charge in [-0.05, 0) is 12.8 Å². The van der Waals surface area contributed by atoms with E-state index < -0.39 is 42.2 Å². The van der Waals surface area contributed by atoms with Gasteiger partial charge in [-0.25, -0.2) is 13.6 Å². The summed E-state index contributed by atoms with van der Waals surface area (Å²) in [6.45, 7) is 0. The highest BCUT2D eigenvalue weighted by Crippen LogP contribution is 2.64. The van der Waals surface area contributed by atoms with Crippen molar-refractivity contribution < 1.29 is 33.1 Å². The number of nitrogens with zero attached hydrogens (tertiary/aromatic N) is 1. The third-order valence-corrected chi connectivity index (χ3v) is 3.97. The number of halogens is 2. The van der Waals surface area contributed by atoms with Crippen LogP contribution in [0.5, 0.6) is 0 Å². The monoisotopic (exact) mass is 277 g/mol. The molecular formula is C11H13F2NO5. The lowest BCUT2D eigenvalue weighted by Crippen LogP contribution is -2.36. The fourth-order valence-corrected chi connectivity index (χ4v) is 2.86. The van der Waals surface area contributed by atoms with E-state index in [1.165, 1.54) is 0 Å². The first kappa shape index (κ1) is 12.6. The molecule has 1 saturated heterocycles. The van der Waals surface area contributed by atoms with Crippen molar-refractivity contribution in [2.24, 2.45) is 11.8 Å². The lowest BCUT2D eigenvalue weighted by molar-refractivity contribution is -0.201. The number of carbonyl (C=O) groups excluding carboxylic acids is 2. The molecule has 6 nitrogen and oxygen atoms in total. The van der Waals surface area contributed by atoms with Gasteiger partial charge in [0.15, 0.2) is 6.23 Å². The second kappa shape index (κ2) is 4.03. The highest BCUT2D eigenvalue weighted by molar-refractivity contribution is 5.78. The Labute approximate surface area is 107 Å². The number of carbonyl (C=O) groups is 2. The van der Waals surface area contributed by atoms with Crippen LogP contribution in [0.4, 0.5) is 13.6 Å². The summed E-state index contributed by atoms with van der Waals surface area (Å²) in [7, 11) is 0. The molecule has 0 bridgehead atoms. The summed E-state index contributed by atoms with van der Waals surface area (Å²) in [6.07, 6.45) is -2.39. The third kappa shape index (κ3) is 2.03. The Hall–Kier alpha value is -1.44. The van der Waals surface area contributed by atoms with Crippen molar-refractivity contribution in [1.29, 1.82) is 0 Å². The van der Waals surface area contributed by atoms with Gasteiger partial charge in [-0.3, -0.25) is 4.79 Å². The molecule has 2 aliphatic carbocycles. The molecule has 1 N–H and O–H groups in total. The lowest BCUT2D eigenvalue weighted by Gasteiger charge is -2.20. The molecule has 106 valence electrons. The number of fused-ring (bicyclic) bond motifs is 1. The lowest BCUT2D eigenvalue weighted by atomic mass is 10.2. The van der Waals surface area contributed by atoms with E-state index in [9.17, 15) is 23.5 Å². The van der Waals surface area contributed by atoms with Gasteiger partial charge in [0.05, 0.1) is 0 Å². The first-order valence-electron chi connectivity index (χ1n) is 6.16. The van der Waals surface area contributed by atoms with Gasteiger partial charge in [0, 0.05) is 24.7 Å². The van der Waals surface area contributed by atoms with Crippen LogP contribution in [-0.4, -0.2) is 40.5 Å². The largest absolute Gasteiger partial charge is 0.533 e. The number of hydrogen-bond acceptors (Lipinski definition) is 5. The average Bonchev–Trinajstić information content (AvgIpc) is 2.74. The van der Waals surface area contributed by atoms with Crippen molar-refractivity contribution in [1.82, 2.24) is 5.06 Å². The van der Waals surface area contributed by atoms with Gasteiger partial charge in [0.2, 0.25) is 0 Å². The predicted octanol–water partition coefficient (Wildman–Crippen LogP) is 1.04. The van der Waals surface area contributed by atoms with Crippen molar-refractivity contribution in [3.05, 3.63) is 0 Å². The number of amides is 1. The van der Waals surface area contributed by atoms with Crippen LogP contribution in [0.15, 0.2) is 0 Å². The zero-order valence-electron chi connectivity index (χ0n) is 9.92. The topological polar surface area (TPSA) is 76.1 Å². The zero-order valence-corrected chi connectivity index (χ0v) is 9.92. The summed E-state index contributed by atoms with van der Waals surface area (Å²) >= 11 is 0. The standard InChI is InChI=1S/C11H13F2NO5/c12-11(13)6-3-5(4-7(6)11)18-10(17)19-14-8(15)1-2-9(14)16/h5-8,15H,1-4H2/t5?,6-,7+,8?. The number of aliphatic hydroxyl groups is 1. The van der Waals surface area contributed by atoms with Crippen LogP contribution in [0.25, 0.3) is 0 Å². The Balaban J connectivity index is 1.47. The van der Waals surface area contributed by atoms with Gasteiger partial charge in [-0.1, -0.05) is 0 Å². The summed E-state index contributed by atoms with van der Waals surface area (Å²) in [6, 6.07) is 0. The van der Waals surface area contributed by atoms with E-state index >= 15 is 0 Å². The van der Waals surface area contributed by atoms with Crippen LogP contribution in [-0.2, 0) is 14.4 Å². The fourth-order valence-electron chi connectivity index (χ4n) is 2.86. The summed E-state index contributed by atoms with van der Waals surface area (Å²) in [4.78, 5) is 27.2. The van der Waals surface area contributed by atoms with E-state index in [2.05, 4.69) is 4.84 Å². The van der Waals surface area contributed by atoms with E-state index in [1.54, 1.807) is 0 Å². The molecule has 3 rings (SSSR count). The van der Waals surface area contributed by atoms with Crippen LogP contribution in [0, 0.1) is 11.8 Å². The smallest absolute Gasteiger partial charge is 0.429 e. The van der Waals surface area contributed by atoms with Gasteiger partial charge < -0.3 is 14.7 Å². The van der Waals surface area contributed by atoms with E-state index in [4.69, 9.17) is 4.74 Å². The molecule has 3 fully saturated rings. The molecule has 2 saturated carbocycles. The Bertz CT molecular complexity index is 415. The second-order valence-electron chi connectivity index (χ2n) is 5.18. The van der Waals surface area contributed by atoms with Crippen LogP contribution in [0.3, 0.4) is 0 Å². The first-order valence-corrected chi connectivity index (χ1v) is 6.16. The Kier molecular flexibility index (Phi) is 2.67. The minimum atomic E-state index is -2.62. The quantitative estimate of drug-likeness (QED) is 0.763. The van der Waals surface area contributed by atoms with Crippen molar-refractivity contribution >= 4 is 12.1 Å².